The summed E-state index contributed by atoms with van der Waals surface area (Å²) in [6.45, 7) is 2.79. The zero-order chi connectivity index (χ0) is 14.8. The zero-order valence-corrected chi connectivity index (χ0v) is 12.5. The number of nitrogens with two attached hydrogens (primary N) is 1. The largest absolute Gasteiger partial charge is 0.405 e. The summed E-state index contributed by atoms with van der Waals surface area (Å²) in [5.41, 5.74) is 5.44. The van der Waals surface area contributed by atoms with E-state index in [0.29, 0.717) is 5.75 Å². The van der Waals surface area contributed by atoms with Crippen molar-refractivity contribution in [1.29, 1.82) is 0 Å². The normalized spacial score (nSPS) is 26.1. The van der Waals surface area contributed by atoms with E-state index in [1.807, 2.05) is 0 Å². The van der Waals surface area contributed by atoms with E-state index in [2.05, 4.69) is 0 Å². The molecule has 0 bridgehead atoms. The highest BCUT2D eigenvalue weighted by atomic mass is 32.2. The molecule has 1 aliphatic rings. The Morgan fingerprint density at radius 1 is 1.47 bits per heavy atom. The number of hydrogen-bond donors (Lipinski definition) is 1. The fourth-order valence-electron chi connectivity index (χ4n) is 2.20. The van der Waals surface area contributed by atoms with Crippen LogP contribution >= 0.6 is 11.8 Å². The minimum absolute atomic E-state index is 0.0836. The van der Waals surface area contributed by atoms with E-state index in [0.717, 1.165) is 4.90 Å². The first-order chi connectivity index (χ1) is 8.61. The SMILES string of the molecule is CCS(=O)(=O)C1CSCCN1C(C(C)N)C(F)(F)F. The van der Waals surface area contributed by atoms with Crippen LogP contribution in [0.25, 0.3) is 0 Å². The van der Waals surface area contributed by atoms with Crippen molar-refractivity contribution in [3.05, 3.63) is 0 Å². The van der Waals surface area contributed by atoms with Gasteiger partial charge in [0.15, 0.2) is 9.84 Å². The Kier molecular flexibility index (Phi) is 5.56. The maximum Gasteiger partial charge on any atom is 0.405 e. The molecule has 0 aliphatic carbocycles. The molecule has 9 heteroatoms. The summed E-state index contributed by atoms with van der Waals surface area (Å²) in [4.78, 5) is 1.01. The summed E-state index contributed by atoms with van der Waals surface area (Å²) >= 11 is 1.36. The third kappa shape index (κ3) is 3.99. The Bertz CT molecular complexity index is 398. The van der Waals surface area contributed by atoms with Crippen LogP contribution in [0.1, 0.15) is 13.8 Å². The molecule has 0 saturated carbocycles. The number of halogens is 3. The standard InChI is InChI=1S/C10H19F3N2O2S2/c1-3-19(16,17)8-6-18-5-4-15(8)9(7(2)14)10(11,12)13/h7-9H,3-6,14H2,1-2H3. The third-order valence-electron chi connectivity index (χ3n) is 3.13. The van der Waals surface area contributed by atoms with E-state index in [1.165, 1.54) is 25.6 Å². The molecule has 0 radical (unpaired) electrons. The van der Waals surface area contributed by atoms with Crippen LogP contribution in [0.4, 0.5) is 13.2 Å². The molecule has 1 aliphatic heterocycles. The van der Waals surface area contributed by atoms with Crippen molar-refractivity contribution >= 4 is 21.6 Å². The first-order valence-electron chi connectivity index (χ1n) is 5.98. The topological polar surface area (TPSA) is 63.4 Å². The number of alkyl halides is 3. The van der Waals surface area contributed by atoms with Gasteiger partial charge in [-0.25, -0.2) is 8.42 Å². The fourth-order valence-corrected chi connectivity index (χ4v) is 5.25. The van der Waals surface area contributed by atoms with Crippen molar-refractivity contribution in [3.63, 3.8) is 0 Å². The molecule has 114 valence electrons. The number of rotatable bonds is 4. The van der Waals surface area contributed by atoms with Gasteiger partial charge in [0, 0.05) is 29.8 Å². The van der Waals surface area contributed by atoms with Gasteiger partial charge in [-0.3, -0.25) is 4.90 Å². The highest BCUT2D eigenvalue weighted by Crippen LogP contribution is 2.32. The van der Waals surface area contributed by atoms with Crippen LogP contribution in [-0.4, -0.2) is 60.8 Å². The van der Waals surface area contributed by atoms with Gasteiger partial charge in [0.2, 0.25) is 0 Å². The molecule has 0 aromatic heterocycles. The number of nitrogens with zero attached hydrogens (tertiary/aromatic N) is 1. The van der Waals surface area contributed by atoms with Crippen LogP contribution in [0.2, 0.25) is 0 Å². The smallest absolute Gasteiger partial charge is 0.326 e. The van der Waals surface area contributed by atoms with E-state index in [9.17, 15) is 21.6 Å². The van der Waals surface area contributed by atoms with Gasteiger partial charge >= 0.3 is 6.18 Å². The van der Waals surface area contributed by atoms with Crippen molar-refractivity contribution < 1.29 is 21.6 Å². The second kappa shape index (κ2) is 6.19. The lowest BCUT2D eigenvalue weighted by atomic mass is 10.1. The molecule has 3 unspecified atom stereocenters. The molecule has 2 N–H and O–H groups in total. The van der Waals surface area contributed by atoms with Crippen molar-refractivity contribution in [2.24, 2.45) is 5.73 Å². The Hall–Kier alpha value is 0.01000. The number of sulfone groups is 1. The Morgan fingerprint density at radius 3 is 2.47 bits per heavy atom. The van der Waals surface area contributed by atoms with E-state index in [1.54, 1.807) is 0 Å². The monoisotopic (exact) mass is 320 g/mol. The lowest BCUT2D eigenvalue weighted by Crippen LogP contribution is -2.62. The predicted octanol–water partition coefficient (Wildman–Crippen LogP) is 1.07. The Morgan fingerprint density at radius 2 is 2.05 bits per heavy atom. The first kappa shape index (κ1) is 17.1. The molecule has 19 heavy (non-hydrogen) atoms. The van der Waals surface area contributed by atoms with Gasteiger partial charge in [0.05, 0.1) is 0 Å². The zero-order valence-electron chi connectivity index (χ0n) is 10.9. The van der Waals surface area contributed by atoms with Crippen molar-refractivity contribution in [2.75, 3.05) is 23.8 Å². The van der Waals surface area contributed by atoms with Crippen molar-refractivity contribution in [3.8, 4) is 0 Å². The molecule has 1 fully saturated rings. The summed E-state index contributed by atoms with van der Waals surface area (Å²) in [5, 5.41) is -1.10. The van der Waals surface area contributed by atoms with Gasteiger partial charge < -0.3 is 5.73 Å². The first-order valence-corrected chi connectivity index (χ1v) is 8.85. The average molecular weight is 320 g/mol. The lowest BCUT2D eigenvalue weighted by molar-refractivity contribution is -0.189. The van der Waals surface area contributed by atoms with Crippen LogP contribution in [0.5, 0.6) is 0 Å². The molecule has 0 amide bonds. The van der Waals surface area contributed by atoms with E-state index in [-0.39, 0.29) is 18.1 Å². The van der Waals surface area contributed by atoms with Crippen LogP contribution in [0.15, 0.2) is 0 Å². The molecule has 0 aromatic carbocycles. The van der Waals surface area contributed by atoms with Crippen LogP contribution < -0.4 is 5.73 Å². The minimum atomic E-state index is -4.53. The summed E-state index contributed by atoms with van der Waals surface area (Å²) in [6.07, 6.45) is -4.53. The van der Waals surface area contributed by atoms with E-state index in [4.69, 9.17) is 5.73 Å². The molecule has 1 heterocycles. The second-order valence-corrected chi connectivity index (χ2v) is 8.16. The van der Waals surface area contributed by atoms with Gasteiger partial charge in [0.25, 0.3) is 0 Å². The summed E-state index contributed by atoms with van der Waals surface area (Å²) in [7, 11) is -3.56. The van der Waals surface area contributed by atoms with Crippen molar-refractivity contribution in [2.45, 2.75) is 37.5 Å². The molecule has 0 aromatic rings. The second-order valence-electron chi connectivity index (χ2n) is 4.56. The number of hydrogen-bond acceptors (Lipinski definition) is 5. The molecule has 1 saturated heterocycles. The highest BCUT2D eigenvalue weighted by molar-refractivity contribution is 8.01. The quantitative estimate of drug-likeness (QED) is 0.840. The molecule has 4 nitrogen and oxygen atoms in total. The van der Waals surface area contributed by atoms with E-state index < -0.39 is 33.5 Å². The van der Waals surface area contributed by atoms with Gasteiger partial charge in [-0.2, -0.15) is 24.9 Å². The lowest BCUT2D eigenvalue weighted by Gasteiger charge is -2.42. The molecular formula is C10H19F3N2O2S2. The Labute approximate surface area is 115 Å². The van der Waals surface area contributed by atoms with Crippen LogP contribution in [0, 0.1) is 0 Å². The molecule has 3 atom stereocenters. The maximum atomic E-state index is 13.1. The average Bonchev–Trinajstić information content (AvgIpc) is 2.27. The van der Waals surface area contributed by atoms with Crippen LogP contribution in [0.3, 0.4) is 0 Å². The van der Waals surface area contributed by atoms with Crippen LogP contribution in [-0.2, 0) is 9.84 Å². The molecule has 0 spiro atoms. The molecular weight excluding hydrogens is 301 g/mol. The maximum absolute atomic E-state index is 13.1. The minimum Gasteiger partial charge on any atom is -0.326 e. The summed E-state index contributed by atoms with van der Waals surface area (Å²) < 4.78 is 63.2. The van der Waals surface area contributed by atoms with Gasteiger partial charge in [-0.1, -0.05) is 6.92 Å². The molecule has 1 rings (SSSR count). The van der Waals surface area contributed by atoms with Crippen molar-refractivity contribution in [1.82, 2.24) is 4.90 Å². The Balaban J connectivity index is 3.11. The van der Waals surface area contributed by atoms with Gasteiger partial charge in [-0.05, 0) is 6.92 Å². The number of thioether (sulfide) groups is 1. The summed E-state index contributed by atoms with van der Waals surface area (Å²) in [6, 6.07) is -3.09. The summed E-state index contributed by atoms with van der Waals surface area (Å²) in [5.74, 6) is 0.475. The van der Waals surface area contributed by atoms with E-state index >= 15 is 0 Å². The third-order valence-corrected chi connectivity index (χ3v) is 6.44. The van der Waals surface area contributed by atoms with Gasteiger partial charge in [-0.15, -0.1) is 0 Å². The highest BCUT2D eigenvalue weighted by Gasteiger charge is 2.50. The van der Waals surface area contributed by atoms with Gasteiger partial charge in [0.1, 0.15) is 11.4 Å². The fraction of sp³-hybridized carbons (Fsp3) is 1.00. The predicted molar refractivity (Wildman–Crippen MR) is 70.8 cm³/mol.